The summed E-state index contributed by atoms with van der Waals surface area (Å²) in [6, 6.07) is 12.7. The van der Waals surface area contributed by atoms with Crippen molar-refractivity contribution in [2.24, 2.45) is 0 Å². The number of benzene rings is 2. The zero-order valence-electron chi connectivity index (χ0n) is 22.0. The lowest BCUT2D eigenvalue weighted by atomic mass is 10.0. The van der Waals surface area contributed by atoms with Crippen molar-refractivity contribution < 1.29 is 19.1 Å². The molecule has 0 spiro atoms. The Bertz CT molecular complexity index is 1340. The molecule has 0 saturated carbocycles. The minimum Gasteiger partial charge on any atom is -0.492 e. The number of carbonyl (C=O) groups is 2. The fraction of sp³-hybridized carbons (Fsp3) is 0.393. The number of ketones is 1. The molecule has 3 aromatic rings. The summed E-state index contributed by atoms with van der Waals surface area (Å²) in [7, 11) is 2.06. The number of fused-ring (bicyclic) bond motifs is 3. The van der Waals surface area contributed by atoms with E-state index < -0.39 is 0 Å². The Kier molecular flexibility index (Phi) is 7.29. The summed E-state index contributed by atoms with van der Waals surface area (Å²) >= 11 is 0. The van der Waals surface area contributed by atoms with E-state index in [1.54, 1.807) is 6.07 Å². The van der Waals surface area contributed by atoms with E-state index in [1.165, 1.54) is 0 Å². The van der Waals surface area contributed by atoms with Crippen molar-refractivity contribution in [3.63, 3.8) is 0 Å². The van der Waals surface area contributed by atoms with Gasteiger partial charge in [-0.25, -0.2) is 9.80 Å². The topological polar surface area (TPSA) is 115 Å². The smallest absolute Gasteiger partial charge is 0.333 e. The Labute approximate surface area is 227 Å². The van der Waals surface area contributed by atoms with Crippen molar-refractivity contribution in [2.75, 3.05) is 78.0 Å². The molecule has 2 amide bonds. The van der Waals surface area contributed by atoms with Crippen LogP contribution in [0.3, 0.4) is 0 Å². The molecule has 1 aromatic heterocycles. The molecule has 0 atom stereocenters. The fourth-order valence-corrected chi connectivity index (χ4v) is 5.24. The first kappa shape index (κ1) is 25.5. The molecule has 2 aromatic carbocycles. The number of nitrogens with one attached hydrogen (secondary N) is 3. The van der Waals surface area contributed by atoms with Gasteiger partial charge in [-0.15, -0.1) is 0 Å². The molecule has 3 aliphatic rings. The minimum atomic E-state index is -0.362. The van der Waals surface area contributed by atoms with Gasteiger partial charge in [-0.05, 0) is 37.4 Å². The highest BCUT2D eigenvalue weighted by Gasteiger charge is 2.35. The van der Waals surface area contributed by atoms with Gasteiger partial charge >= 0.3 is 6.03 Å². The second kappa shape index (κ2) is 11.1. The minimum absolute atomic E-state index is 0.162. The number of ether oxygens (including phenoxy) is 2. The van der Waals surface area contributed by atoms with Crippen LogP contribution < -0.4 is 15.5 Å². The third kappa shape index (κ3) is 5.39. The molecular formula is C28H33N7O4. The average Bonchev–Trinajstić information content (AvgIpc) is 3.51. The van der Waals surface area contributed by atoms with Crippen LogP contribution in [0, 0.1) is 0 Å². The number of rotatable bonds is 7. The average molecular weight is 532 g/mol. The van der Waals surface area contributed by atoms with Crippen molar-refractivity contribution in [3.8, 4) is 28.3 Å². The number of hydrogen-bond donors (Lipinski definition) is 3. The fourth-order valence-electron chi connectivity index (χ4n) is 5.24. The third-order valence-electron chi connectivity index (χ3n) is 7.47. The number of amides is 2. The molecule has 1 aliphatic carbocycles. The Morgan fingerprint density at radius 1 is 1.03 bits per heavy atom. The monoisotopic (exact) mass is 531 g/mol. The van der Waals surface area contributed by atoms with E-state index in [9.17, 15) is 9.59 Å². The van der Waals surface area contributed by atoms with E-state index in [0.29, 0.717) is 34.8 Å². The second-order valence-electron chi connectivity index (χ2n) is 10.1. The molecule has 2 saturated heterocycles. The van der Waals surface area contributed by atoms with Crippen LogP contribution in [0.5, 0.6) is 5.75 Å². The number of likely N-dealkylation sites (N-methyl/N-ethyl adjacent to an activating group) is 1. The summed E-state index contributed by atoms with van der Waals surface area (Å²) in [4.78, 5) is 30.9. The molecule has 204 valence electrons. The summed E-state index contributed by atoms with van der Waals surface area (Å²) in [6.07, 6.45) is 0. The number of nitrogens with zero attached hydrogens (tertiary/aromatic N) is 4. The number of hydrazine groups is 1. The van der Waals surface area contributed by atoms with Crippen LogP contribution in [0.15, 0.2) is 42.5 Å². The summed E-state index contributed by atoms with van der Waals surface area (Å²) in [6.45, 7) is 8.11. The van der Waals surface area contributed by atoms with Gasteiger partial charge in [-0.2, -0.15) is 5.10 Å². The van der Waals surface area contributed by atoms with Crippen LogP contribution in [0.2, 0.25) is 0 Å². The standard InChI is InChI=1S/C28H33N7O4/c1-33-9-11-35(12-10-33)32-28(37)29-22-4-2-3-21-23(22)27(36)24-25(30-31-26(21)24)19-5-7-20(8-6-19)39-18-15-34-13-16-38-17-14-34/h2-8H,9-18H2,1H3,(H,30,31)(H2,29,32,37). The van der Waals surface area contributed by atoms with Crippen molar-refractivity contribution in [1.82, 2.24) is 30.4 Å². The van der Waals surface area contributed by atoms with E-state index in [-0.39, 0.29) is 11.8 Å². The highest BCUT2D eigenvalue weighted by atomic mass is 16.5. The largest absolute Gasteiger partial charge is 0.492 e. The zero-order chi connectivity index (χ0) is 26.8. The van der Waals surface area contributed by atoms with Gasteiger partial charge in [-0.1, -0.05) is 12.1 Å². The van der Waals surface area contributed by atoms with E-state index in [0.717, 1.165) is 75.9 Å². The molecule has 3 heterocycles. The van der Waals surface area contributed by atoms with Gasteiger partial charge in [0.1, 0.15) is 18.1 Å². The summed E-state index contributed by atoms with van der Waals surface area (Å²) < 4.78 is 11.3. The maximum atomic E-state index is 13.6. The third-order valence-corrected chi connectivity index (χ3v) is 7.47. The maximum absolute atomic E-state index is 13.6. The first-order chi connectivity index (χ1) is 19.1. The van der Waals surface area contributed by atoms with Crippen molar-refractivity contribution in [2.45, 2.75) is 0 Å². The number of urea groups is 1. The first-order valence-electron chi connectivity index (χ1n) is 13.4. The number of hydrogen-bond acceptors (Lipinski definition) is 8. The lowest BCUT2D eigenvalue weighted by Crippen LogP contribution is -2.53. The van der Waals surface area contributed by atoms with Crippen LogP contribution in [-0.4, -0.2) is 110 Å². The molecule has 11 nitrogen and oxygen atoms in total. The highest BCUT2D eigenvalue weighted by molar-refractivity contribution is 6.26. The molecule has 3 N–H and O–H groups in total. The number of H-pyrrole nitrogens is 1. The van der Waals surface area contributed by atoms with E-state index >= 15 is 0 Å². The Morgan fingerprint density at radius 2 is 1.79 bits per heavy atom. The van der Waals surface area contributed by atoms with Crippen LogP contribution in [0.25, 0.3) is 22.5 Å². The van der Waals surface area contributed by atoms with Gasteiger partial charge in [0.25, 0.3) is 0 Å². The molecule has 0 unspecified atom stereocenters. The predicted octanol–water partition coefficient (Wildman–Crippen LogP) is 2.28. The zero-order valence-corrected chi connectivity index (χ0v) is 22.0. The Hall–Kier alpha value is -3.77. The van der Waals surface area contributed by atoms with Gasteiger partial charge in [0, 0.05) is 56.9 Å². The van der Waals surface area contributed by atoms with Gasteiger partial charge in [-0.3, -0.25) is 20.2 Å². The van der Waals surface area contributed by atoms with E-state index in [2.05, 4.69) is 37.8 Å². The van der Waals surface area contributed by atoms with Crippen molar-refractivity contribution >= 4 is 17.5 Å². The van der Waals surface area contributed by atoms with Crippen LogP contribution in [0.4, 0.5) is 10.5 Å². The number of carbonyl (C=O) groups excluding carboxylic acids is 2. The van der Waals surface area contributed by atoms with E-state index in [1.807, 2.05) is 41.4 Å². The lowest BCUT2D eigenvalue weighted by Gasteiger charge is -2.32. The van der Waals surface area contributed by atoms with Gasteiger partial charge in [0.05, 0.1) is 35.7 Å². The van der Waals surface area contributed by atoms with Gasteiger partial charge < -0.3 is 19.7 Å². The highest BCUT2D eigenvalue weighted by Crippen LogP contribution is 2.43. The Balaban J connectivity index is 1.13. The second-order valence-corrected chi connectivity index (χ2v) is 10.1. The first-order valence-corrected chi connectivity index (χ1v) is 13.4. The van der Waals surface area contributed by atoms with Crippen LogP contribution in [-0.2, 0) is 4.74 Å². The lowest BCUT2D eigenvalue weighted by molar-refractivity contribution is 0.0322. The van der Waals surface area contributed by atoms with Gasteiger partial charge in [0.15, 0.2) is 5.78 Å². The Morgan fingerprint density at radius 3 is 2.56 bits per heavy atom. The molecule has 0 bridgehead atoms. The summed E-state index contributed by atoms with van der Waals surface area (Å²) in [5, 5.41) is 12.3. The quantitative estimate of drug-likeness (QED) is 0.333. The maximum Gasteiger partial charge on any atom is 0.333 e. The van der Waals surface area contributed by atoms with Gasteiger partial charge in [0.2, 0.25) is 0 Å². The molecule has 2 fully saturated rings. The molecule has 0 radical (unpaired) electrons. The predicted molar refractivity (Wildman–Crippen MR) is 147 cm³/mol. The summed E-state index contributed by atoms with van der Waals surface area (Å²) in [5.41, 5.74) is 7.15. The molecule has 2 aliphatic heterocycles. The van der Waals surface area contributed by atoms with E-state index in [4.69, 9.17) is 9.47 Å². The number of aromatic amines is 1. The SMILES string of the molecule is CN1CCN(NC(=O)Nc2cccc3c2C(=O)c2c(-c4ccc(OCCN5CCOCC5)cc4)n[nH]c2-3)CC1. The molecule has 6 rings (SSSR count). The number of morpholine rings is 1. The van der Waals surface area contributed by atoms with Crippen molar-refractivity contribution in [1.29, 1.82) is 0 Å². The van der Waals surface area contributed by atoms with Crippen LogP contribution >= 0.6 is 0 Å². The molecular weight excluding hydrogens is 498 g/mol. The number of anilines is 1. The van der Waals surface area contributed by atoms with Crippen molar-refractivity contribution in [3.05, 3.63) is 53.6 Å². The van der Waals surface area contributed by atoms with Crippen LogP contribution in [0.1, 0.15) is 15.9 Å². The molecule has 39 heavy (non-hydrogen) atoms. The summed E-state index contributed by atoms with van der Waals surface area (Å²) in [5.74, 6) is 0.608. The number of aromatic nitrogens is 2. The molecule has 11 heteroatoms. The normalized spacial score (nSPS) is 18.0. The number of piperazine rings is 1.